The van der Waals surface area contributed by atoms with Crippen LogP contribution in [0.15, 0.2) is 47.1 Å². The molecule has 2 atom stereocenters. The third kappa shape index (κ3) is 2.84. The first-order valence-corrected chi connectivity index (χ1v) is 6.69. The zero-order valence-corrected chi connectivity index (χ0v) is 11.8. The van der Waals surface area contributed by atoms with Crippen LogP contribution in [-0.4, -0.2) is 13.1 Å². The number of hydrogen-bond acceptors (Lipinski definition) is 4. The fourth-order valence-corrected chi connectivity index (χ4v) is 2.30. The summed E-state index contributed by atoms with van der Waals surface area (Å²) in [6.07, 6.45) is 2.52. The molecule has 4 nitrogen and oxygen atoms in total. The van der Waals surface area contributed by atoms with Gasteiger partial charge in [-0.25, -0.2) is 0 Å². The molecule has 1 aromatic carbocycles. The second kappa shape index (κ2) is 6.27. The summed E-state index contributed by atoms with van der Waals surface area (Å²) in [7, 11) is 1.99. The summed E-state index contributed by atoms with van der Waals surface area (Å²) in [4.78, 5) is 2.09. The van der Waals surface area contributed by atoms with Crippen LogP contribution in [0.4, 0.5) is 5.69 Å². The average Bonchev–Trinajstić information content (AvgIpc) is 3.01. The van der Waals surface area contributed by atoms with Gasteiger partial charge in [0.1, 0.15) is 11.8 Å². The van der Waals surface area contributed by atoms with E-state index in [4.69, 9.17) is 15.4 Å². The fourth-order valence-electron chi connectivity index (χ4n) is 2.30. The highest BCUT2D eigenvalue weighted by atomic mass is 16.3. The first-order valence-electron chi connectivity index (χ1n) is 6.69. The Morgan fingerprint density at radius 1 is 1.30 bits per heavy atom. The maximum atomic E-state index is 8.85. The molecule has 1 aromatic heterocycles. The number of nitriles is 1. The Labute approximate surface area is 119 Å². The van der Waals surface area contributed by atoms with Gasteiger partial charge in [-0.2, -0.15) is 5.26 Å². The topological polar surface area (TPSA) is 66.2 Å². The van der Waals surface area contributed by atoms with Gasteiger partial charge in [-0.1, -0.05) is 6.92 Å². The molecule has 0 aliphatic heterocycles. The summed E-state index contributed by atoms with van der Waals surface area (Å²) in [6.45, 7) is 2.06. The SMILES string of the molecule is CCC(N)C(c1ccco1)N(C)c1ccc(C#N)cc1. The average molecular weight is 269 g/mol. The van der Waals surface area contributed by atoms with Crippen molar-refractivity contribution in [2.45, 2.75) is 25.4 Å². The smallest absolute Gasteiger partial charge is 0.127 e. The van der Waals surface area contributed by atoms with Crippen LogP contribution in [0, 0.1) is 11.3 Å². The molecule has 0 saturated carbocycles. The Kier molecular flexibility index (Phi) is 4.44. The summed E-state index contributed by atoms with van der Waals surface area (Å²) < 4.78 is 5.53. The lowest BCUT2D eigenvalue weighted by atomic mass is 10.0. The summed E-state index contributed by atoms with van der Waals surface area (Å²) in [5.74, 6) is 0.853. The Morgan fingerprint density at radius 3 is 2.50 bits per heavy atom. The van der Waals surface area contributed by atoms with Crippen LogP contribution in [0.2, 0.25) is 0 Å². The number of nitrogens with two attached hydrogens (primary N) is 1. The molecule has 2 N–H and O–H groups in total. The highest BCUT2D eigenvalue weighted by Gasteiger charge is 2.25. The van der Waals surface area contributed by atoms with Crippen LogP contribution in [0.3, 0.4) is 0 Å². The largest absolute Gasteiger partial charge is 0.467 e. The fraction of sp³-hybridized carbons (Fsp3) is 0.312. The first kappa shape index (κ1) is 14.2. The molecule has 0 spiro atoms. The number of nitrogens with zero attached hydrogens (tertiary/aromatic N) is 2. The second-order valence-electron chi connectivity index (χ2n) is 4.80. The van der Waals surface area contributed by atoms with Crippen LogP contribution in [-0.2, 0) is 0 Å². The van der Waals surface area contributed by atoms with Crippen molar-refractivity contribution in [3.05, 3.63) is 54.0 Å². The molecule has 0 fully saturated rings. The molecule has 0 amide bonds. The predicted octanol–water partition coefficient (Wildman–Crippen LogP) is 3.07. The van der Waals surface area contributed by atoms with E-state index in [-0.39, 0.29) is 12.1 Å². The van der Waals surface area contributed by atoms with Crippen molar-refractivity contribution in [1.29, 1.82) is 5.26 Å². The van der Waals surface area contributed by atoms with E-state index in [1.54, 1.807) is 6.26 Å². The van der Waals surface area contributed by atoms with Crippen molar-refractivity contribution in [2.75, 3.05) is 11.9 Å². The molecule has 0 saturated heterocycles. The molecule has 2 rings (SSSR count). The number of benzene rings is 1. The Bertz CT molecular complexity index is 569. The lowest BCUT2D eigenvalue weighted by Crippen LogP contribution is -2.38. The standard InChI is InChI=1S/C16H19N3O/c1-3-14(18)16(15-5-4-10-20-15)19(2)13-8-6-12(11-17)7-9-13/h4-10,14,16H,3,18H2,1-2H3. The highest BCUT2D eigenvalue weighted by Crippen LogP contribution is 2.29. The minimum Gasteiger partial charge on any atom is -0.467 e. The van der Waals surface area contributed by atoms with E-state index in [1.165, 1.54) is 0 Å². The molecular formula is C16H19N3O. The highest BCUT2D eigenvalue weighted by molar-refractivity contribution is 5.50. The third-order valence-corrected chi connectivity index (χ3v) is 3.53. The zero-order chi connectivity index (χ0) is 14.5. The van der Waals surface area contributed by atoms with E-state index < -0.39 is 0 Å². The Morgan fingerprint density at radius 2 is 2.00 bits per heavy atom. The van der Waals surface area contributed by atoms with Gasteiger partial charge in [-0.15, -0.1) is 0 Å². The van der Waals surface area contributed by atoms with Crippen molar-refractivity contribution in [3.8, 4) is 6.07 Å². The molecule has 0 bridgehead atoms. The number of anilines is 1. The molecule has 2 aromatic rings. The lowest BCUT2D eigenvalue weighted by Gasteiger charge is -2.32. The van der Waals surface area contributed by atoms with E-state index in [0.29, 0.717) is 5.56 Å². The van der Waals surface area contributed by atoms with Gasteiger partial charge in [-0.3, -0.25) is 0 Å². The third-order valence-electron chi connectivity index (χ3n) is 3.53. The van der Waals surface area contributed by atoms with Gasteiger partial charge >= 0.3 is 0 Å². The van der Waals surface area contributed by atoms with E-state index in [2.05, 4.69) is 17.9 Å². The molecular weight excluding hydrogens is 250 g/mol. The zero-order valence-electron chi connectivity index (χ0n) is 11.8. The second-order valence-corrected chi connectivity index (χ2v) is 4.80. The number of rotatable bonds is 5. The number of furan rings is 1. The van der Waals surface area contributed by atoms with Crippen molar-refractivity contribution in [2.24, 2.45) is 5.73 Å². The van der Waals surface area contributed by atoms with Crippen molar-refractivity contribution < 1.29 is 4.42 Å². The van der Waals surface area contributed by atoms with Crippen LogP contribution < -0.4 is 10.6 Å². The molecule has 20 heavy (non-hydrogen) atoms. The van der Waals surface area contributed by atoms with Gasteiger partial charge in [0.15, 0.2) is 0 Å². The maximum absolute atomic E-state index is 8.85. The van der Waals surface area contributed by atoms with Gasteiger partial charge in [-0.05, 0) is 42.8 Å². The Hall–Kier alpha value is -2.25. The normalized spacial score (nSPS) is 13.5. The minimum absolute atomic E-state index is 0.0251. The maximum Gasteiger partial charge on any atom is 0.127 e. The minimum atomic E-state index is -0.0261. The first-order chi connectivity index (χ1) is 9.67. The van der Waals surface area contributed by atoms with E-state index in [1.807, 2.05) is 43.4 Å². The number of likely N-dealkylation sites (N-methyl/N-ethyl adjacent to an activating group) is 1. The van der Waals surface area contributed by atoms with Crippen molar-refractivity contribution in [3.63, 3.8) is 0 Å². The van der Waals surface area contributed by atoms with Crippen LogP contribution in [0.25, 0.3) is 0 Å². The van der Waals surface area contributed by atoms with Crippen molar-refractivity contribution in [1.82, 2.24) is 0 Å². The number of hydrogen-bond donors (Lipinski definition) is 1. The van der Waals surface area contributed by atoms with Gasteiger partial charge < -0.3 is 15.1 Å². The predicted molar refractivity (Wildman–Crippen MR) is 79.3 cm³/mol. The monoisotopic (exact) mass is 269 g/mol. The molecule has 0 aliphatic carbocycles. The van der Waals surface area contributed by atoms with E-state index in [9.17, 15) is 0 Å². The molecule has 4 heteroatoms. The molecule has 1 heterocycles. The van der Waals surface area contributed by atoms with E-state index in [0.717, 1.165) is 17.9 Å². The van der Waals surface area contributed by atoms with Gasteiger partial charge in [0.2, 0.25) is 0 Å². The quantitative estimate of drug-likeness (QED) is 0.906. The Balaban J connectivity index is 2.30. The van der Waals surface area contributed by atoms with E-state index >= 15 is 0 Å². The summed E-state index contributed by atoms with van der Waals surface area (Å²) in [6, 6.07) is 13.4. The molecule has 2 unspecified atom stereocenters. The molecule has 0 aliphatic rings. The summed E-state index contributed by atoms with van der Waals surface area (Å²) >= 11 is 0. The molecule has 104 valence electrons. The molecule has 0 radical (unpaired) electrons. The van der Waals surface area contributed by atoms with Gasteiger partial charge in [0, 0.05) is 18.8 Å². The summed E-state index contributed by atoms with van der Waals surface area (Å²) in [5.41, 5.74) is 7.91. The van der Waals surface area contributed by atoms with Crippen LogP contribution >= 0.6 is 0 Å². The lowest BCUT2D eigenvalue weighted by molar-refractivity contribution is 0.406. The van der Waals surface area contributed by atoms with Gasteiger partial charge in [0.05, 0.1) is 17.9 Å². The van der Waals surface area contributed by atoms with Crippen LogP contribution in [0.1, 0.15) is 30.7 Å². The summed E-state index contributed by atoms with van der Waals surface area (Å²) in [5, 5.41) is 8.85. The van der Waals surface area contributed by atoms with Crippen molar-refractivity contribution >= 4 is 5.69 Å². The van der Waals surface area contributed by atoms with Gasteiger partial charge in [0.25, 0.3) is 0 Å². The van der Waals surface area contributed by atoms with Crippen LogP contribution in [0.5, 0.6) is 0 Å².